The van der Waals surface area contributed by atoms with Crippen LogP contribution in [0.15, 0.2) is 14.4 Å². The Morgan fingerprint density at radius 2 is 0.619 bits per heavy atom. The minimum absolute atomic E-state index is 0.176. The fraction of sp³-hybridized carbons (Fsp3) is 0.889. The molecule has 0 N–H and O–H groups in total. The zero-order valence-corrected chi connectivity index (χ0v) is 30.6. The fourth-order valence-electron chi connectivity index (χ4n) is 5.32. The molecule has 1 aromatic heterocycles. The van der Waals surface area contributed by atoms with Crippen LogP contribution in [0.25, 0.3) is 0 Å². The van der Waals surface area contributed by atoms with Crippen LogP contribution in [0.3, 0.4) is 0 Å². The summed E-state index contributed by atoms with van der Waals surface area (Å²) in [5, 5.41) is 0. The molecule has 1 heterocycles. The lowest BCUT2D eigenvalue weighted by atomic mass is 10.4. The van der Waals surface area contributed by atoms with Gasteiger partial charge in [0, 0.05) is 59.3 Å². The molecule has 0 radical (unpaired) electrons. The summed E-state index contributed by atoms with van der Waals surface area (Å²) >= 11 is 0. The lowest BCUT2D eigenvalue weighted by Crippen LogP contribution is -2.55. The third-order valence-corrected chi connectivity index (χ3v) is 16.3. The van der Waals surface area contributed by atoms with E-state index in [1.165, 1.54) is 13.7 Å². The van der Waals surface area contributed by atoms with Gasteiger partial charge in [-0.25, -0.2) is 28.1 Å². The third-order valence-electron chi connectivity index (χ3n) is 7.12. The maximum Gasteiger partial charge on any atom is 0.336 e. The van der Waals surface area contributed by atoms with Crippen molar-refractivity contribution in [2.45, 2.75) is 118 Å². The molecule has 12 nitrogen and oxygen atoms in total. The van der Waals surface area contributed by atoms with E-state index in [1.807, 2.05) is 61.2 Å². The molecule has 1 rings (SSSR count). The van der Waals surface area contributed by atoms with E-state index < -0.39 is 42.8 Å². The van der Waals surface area contributed by atoms with Gasteiger partial charge in [0.2, 0.25) is 0 Å². The summed E-state index contributed by atoms with van der Waals surface area (Å²) in [5.41, 5.74) is -1.76. The minimum atomic E-state index is -2.43. The van der Waals surface area contributed by atoms with E-state index in [0.717, 1.165) is 0 Å². The van der Waals surface area contributed by atoms with Crippen molar-refractivity contribution in [3.8, 4) is 0 Å². The van der Waals surface area contributed by atoms with Crippen LogP contribution in [-0.2, 0) is 46.2 Å². The van der Waals surface area contributed by atoms with Crippen LogP contribution < -0.4 is 17.1 Å². The van der Waals surface area contributed by atoms with Gasteiger partial charge in [-0.3, -0.25) is 0 Å². The Bertz CT molecular complexity index is 912. The predicted octanol–water partition coefficient (Wildman–Crippen LogP) is 3.78. The van der Waals surface area contributed by atoms with E-state index in [1.54, 1.807) is 0 Å². The van der Waals surface area contributed by atoms with Crippen molar-refractivity contribution in [1.29, 1.82) is 0 Å². The van der Waals surface area contributed by atoms with Crippen molar-refractivity contribution in [1.82, 2.24) is 13.7 Å². The Morgan fingerprint density at radius 3 is 0.786 bits per heavy atom. The van der Waals surface area contributed by atoms with Crippen LogP contribution in [0.1, 0.15) is 60.8 Å². The first-order valence-electron chi connectivity index (χ1n) is 15.7. The molecule has 0 amide bonds. The van der Waals surface area contributed by atoms with Crippen LogP contribution in [0, 0.1) is 0 Å². The van der Waals surface area contributed by atoms with E-state index in [9.17, 15) is 14.4 Å². The minimum Gasteiger partial charge on any atom is -0.395 e. The van der Waals surface area contributed by atoms with Crippen molar-refractivity contribution < 1.29 is 26.6 Å². The Morgan fingerprint density at radius 1 is 0.429 bits per heavy atom. The van der Waals surface area contributed by atoms with E-state index in [-0.39, 0.29) is 19.6 Å². The molecule has 0 atom stereocenters. The standard InChI is InChI=1S/C27H57N3O9Si3/c1-10-34-40(7,35-11-2)22-16-19-28-25(31)29(20-17-23-41(8,36-12-3)37-13-4)27(33)30(26(28)32)21-18-24-42(9,38-14-5)39-15-6/h10-24H2,1-9H3. The maximum atomic E-state index is 13.6. The van der Waals surface area contributed by atoms with Gasteiger partial charge >= 0.3 is 42.8 Å². The summed E-state index contributed by atoms with van der Waals surface area (Å²) in [6.45, 7) is 21.3. The molecule has 42 heavy (non-hydrogen) atoms. The van der Waals surface area contributed by atoms with Crippen molar-refractivity contribution in [3.05, 3.63) is 31.5 Å². The Hall–Kier alpha value is -1.18. The summed E-state index contributed by atoms with van der Waals surface area (Å²) in [6.07, 6.45) is 1.57. The first-order valence-corrected chi connectivity index (χ1v) is 23.2. The van der Waals surface area contributed by atoms with Gasteiger partial charge in [-0.2, -0.15) is 0 Å². The van der Waals surface area contributed by atoms with Crippen molar-refractivity contribution in [2.24, 2.45) is 0 Å². The molecular weight excluding hydrogens is 595 g/mol. The second kappa shape index (κ2) is 19.3. The van der Waals surface area contributed by atoms with Gasteiger partial charge in [0.25, 0.3) is 0 Å². The number of rotatable bonds is 24. The Labute approximate surface area is 255 Å². The zero-order valence-electron chi connectivity index (χ0n) is 27.6. The normalized spacial score (nSPS) is 12.8. The smallest absolute Gasteiger partial charge is 0.336 e. The molecule has 0 saturated carbocycles. The molecule has 246 valence electrons. The summed E-state index contributed by atoms with van der Waals surface area (Å²) < 4.78 is 39.2. The molecular formula is C27H57N3O9Si3. The molecule has 0 aliphatic carbocycles. The summed E-state index contributed by atoms with van der Waals surface area (Å²) in [7, 11) is -7.29. The van der Waals surface area contributed by atoms with E-state index in [0.29, 0.717) is 77.0 Å². The van der Waals surface area contributed by atoms with E-state index >= 15 is 0 Å². The lowest BCUT2D eigenvalue weighted by Gasteiger charge is -2.26. The van der Waals surface area contributed by atoms with Gasteiger partial charge in [0.15, 0.2) is 0 Å². The molecule has 15 heteroatoms. The Balaban J connectivity index is 3.35. The maximum absolute atomic E-state index is 13.6. The fourth-order valence-corrected chi connectivity index (χ4v) is 12.5. The van der Waals surface area contributed by atoms with Crippen molar-refractivity contribution in [3.63, 3.8) is 0 Å². The third kappa shape index (κ3) is 12.1. The monoisotopic (exact) mass is 651 g/mol. The quantitative estimate of drug-likeness (QED) is 0.154. The highest BCUT2D eigenvalue weighted by Gasteiger charge is 2.32. The van der Waals surface area contributed by atoms with Crippen LogP contribution in [0.4, 0.5) is 0 Å². The lowest BCUT2D eigenvalue weighted by molar-refractivity contribution is 0.187. The van der Waals surface area contributed by atoms with Crippen molar-refractivity contribution in [2.75, 3.05) is 39.6 Å². The molecule has 0 spiro atoms. The summed E-state index contributed by atoms with van der Waals surface area (Å²) in [4.78, 5) is 40.7. The molecule has 0 aliphatic rings. The second-order valence-corrected chi connectivity index (χ2v) is 20.6. The molecule has 0 aliphatic heterocycles. The molecule has 0 saturated heterocycles. The molecule has 0 bridgehead atoms. The highest BCUT2D eigenvalue weighted by atomic mass is 28.4. The van der Waals surface area contributed by atoms with Gasteiger partial charge in [-0.15, -0.1) is 0 Å². The molecule has 0 aromatic carbocycles. The molecule has 0 fully saturated rings. The molecule has 1 aromatic rings. The average Bonchev–Trinajstić information content (AvgIpc) is 2.91. The largest absolute Gasteiger partial charge is 0.395 e. The van der Waals surface area contributed by atoms with Crippen LogP contribution in [0.5, 0.6) is 0 Å². The van der Waals surface area contributed by atoms with Gasteiger partial charge < -0.3 is 26.6 Å². The SMILES string of the molecule is CCO[Si](C)(CCCn1c(=O)n(CCC[Si](C)(OCC)OCC)c(=O)n(CCC[Si](C)(OCC)OCC)c1=O)OCC. The first kappa shape index (κ1) is 38.8. The number of hydrogen-bond donors (Lipinski definition) is 0. The van der Waals surface area contributed by atoms with Gasteiger partial charge in [0.05, 0.1) is 0 Å². The van der Waals surface area contributed by atoms with Crippen LogP contribution >= 0.6 is 0 Å². The van der Waals surface area contributed by atoms with Gasteiger partial charge in [-0.05, 0) is 98.6 Å². The van der Waals surface area contributed by atoms with E-state index in [2.05, 4.69) is 0 Å². The van der Waals surface area contributed by atoms with Crippen LogP contribution in [0.2, 0.25) is 37.8 Å². The highest BCUT2D eigenvalue weighted by Crippen LogP contribution is 2.18. The topological polar surface area (TPSA) is 121 Å². The van der Waals surface area contributed by atoms with Crippen LogP contribution in [-0.4, -0.2) is 79.0 Å². The van der Waals surface area contributed by atoms with E-state index in [4.69, 9.17) is 26.6 Å². The van der Waals surface area contributed by atoms with Gasteiger partial charge in [-0.1, -0.05) is 0 Å². The highest BCUT2D eigenvalue weighted by molar-refractivity contribution is 6.66. The zero-order chi connectivity index (χ0) is 31.8. The average molecular weight is 652 g/mol. The number of hydrogen-bond acceptors (Lipinski definition) is 9. The predicted molar refractivity (Wildman–Crippen MR) is 172 cm³/mol. The summed E-state index contributed by atoms with van der Waals surface area (Å²) in [5.74, 6) is 0. The number of nitrogens with zero attached hydrogens (tertiary/aromatic N) is 3. The molecule has 0 unspecified atom stereocenters. The number of aromatic nitrogens is 3. The van der Waals surface area contributed by atoms with Crippen molar-refractivity contribution >= 4 is 25.7 Å². The second-order valence-electron chi connectivity index (χ2n) is 10.6. The van der Waals surface area contributed by atoms with Gasteiger partial charge in [0.1, 0.15) is 0 Å². The summed E-state index contributed by atoms with van der Waals surface area (Å²) in [6, 6.07) is 1.87. The Kier molecular flexibility index (Phi) is 17.8. The first-order chi connectivity index (χ1) is 19.9.